The maximum absolute atomic E-state index is 11.8. The predicted molar refractivity (Wildman–Crippen MR) is 91.6 cm³/mol. The number of amides is 2. The van der Waals surface area contributed by atoms with Crippen LogP contribution in [0.2, 0.25) is 10.0 Å². The highest BCUT2D eigenvalue weighted by Crippen LogP contribution is 2.32. The van der Waals surface area contributed by atoms with E-state index in [1.54, 1.807) is 18.2 Å². The molecule has 2 amide bonds. The van der Waals surface area contributed by atoms with Crippen LogP contribution in [-0.4, -0.2) is 24.9 Å². The fourth-order valence-corrected chi connectivity index (χ4v) is 2.45. The van der Waals surface area contributed by atoms with Crippen LogP contribution >= 0.6 is 23.2 Å². The fraction of sp³-hybridized carbons (Fsp3) is 0.500. The molecule has 0 radical (unpaired) electrons. The van der Waals surface area contributed by atoms with Gasteiger partial charge in [0.15, 0.2) is 0 Å². The summed E-state index contributed by atoms with van der Waals surface area (Å²) in [5.74, 6) is -0.247. The van der Waals surface area contributed by atoms with Gasteiger partial charge in [0.25, 0.3) is 0 Å². The molecule has 0 aliphatic carbocycles. The van der Waals surface area contributed by atoms with Crippen molar-refractivity contribution in [2.24, 2.45) is 0 Å². The third-order valence-corrected chi connectivity index (χ3v) is 4.08. The number of hydrogen-bond donors (Lipinski definition) is 1. The number of rotatable bonds is 8. The van der Waals surface area contributed by atoms with Crippen molar-refractivity contribution in [1.29, 1.82) is 0 Å². The van der Waals surface area contributed by atoms with Crippen molar-refractivity contribution in [3.8, 4) is 0 Å². The molecule has 4 nitrogen and oxygen atoms in total. The molecule has 0 saturated heterocycles. The zero-order chi connectivity index (χ0) is 16.5. The number of nitrogens with one attached hydrogen (secondary N) is 1. The molecule has 0 aliphatic rings. The summed E-state index contributed by atoms with van der Waals surface area (Å²) < 4.78 is 0. The van der Waals surface area contributed by atoms with Gasteiger partial charge in [-0.15, -0.1) is 0 Å². The largest absolute Gasteiger partial charge is 0.356 e. The Morgan fingerprint density at radius 1 is 1.23 bits per heavy atom. The van der Waals surface area contributed by atoms with E-state index >= 15 is 0 Å². The number of hydrogen-bond acceptors (Lipinski definition) is 2. The normalized spacial score (nSPS) is 10.4. The minimum atomic E-state index is -0.178. The number of benzene rings is 1. The van der Waals surface area contributed by atoms with Crippen LogP contribution in [0, 0.1) is 0 Å². The monoisotopic (exact) mass is 344 g/mol. The van der Waals surface area contributed by atoms with Gasteiger partial charge in [0, 0.05) is 26.4 Å². The van der Waals surface area contributed by atoms with Crippen LogP contribution in [0.15, 0.2) is 18.2 Å². The maximum atomic E-state index is 11.8. The predicted octanol–water partition coefficient (Wildman–Crippen LogP) is 4.04. The van der Waals surface area contributed by atoms with Crippen LogP contribution in [0.1, 0.15) is 39.5 Å². The molecule has 1 N–H and O–H groups in total. The first-order chi connectivity index (χ1) is 10.5. The fourth-order valence-electron chi connectivity index (χ4n) is 2.05. The molecular weight excluding hydrogens is 323 g/mol. The summed E-state index contributed by atoms with van der Waals surface area (Å²) >= 11 is 12.1. The molecular formula is C16H22Cl2N2O2. The maximum Gasteiger partial charge on any atom is 0.223 e. The Balaban J connectivity index is 2.60. The first-order valence-electron chi connectivity index (χ1n) is 7.46. The Morgan fingerprint density at radius 2 is 1.95 bits per heavy atom. The van der Waals surface area contributed by atoms with Crippen molar-refractivity contribution in [3.05, 3.63) is 28.2 Å². The van der Waals surface area contributed by atoms with Gasteiger partial charge in [-0.3, -0.25) is 9.59 Å². The number of carbonyl (C=O) groups is 2. The quantitative estimate of drug-likeness (QED) is 0.723. The lowest BCUT2D eigenvalue weighted by atomic mass is 10.2. The highest BCUT2D eigenvalue weighted by Gasteiger charge is 2.17. The van der Waals surface area contributed by atoms with Gasteiger partial charge in [-0.25, -0.2) is 0 Å². The van der Waals surface area contributed by atoms with E-state index in [1.807, 2.05) is 0 Å². The molecule has 0 heterocycles. The first-order valence-corrected chi connectivity index (χ1v) is 8.21. The molecule has 1 aromatic carbocycles. The summed E-state index contributed by atoms with van der Waals surface area (Å²) in [5, 5.41) is 3.56. The molecule has 0 bridgehead atoms. The summed E-state index contributed by atoms with van der Waals surface area (Å²) in [6.07, 6.45) is 3.41. The third-order valence-electron chi connectivity index (χ3n) is 3.27. The first kappa shape index (κ1) is 18.8. The summed E-state index contributed by atoms with van der Waals surface area (Å²) in [7, 11) is 0. The number of nitrogens with zero attached hydrogens (tertiary/aromatic N) is 1. The van der Waals surface area contributed by atoms with E-state index in [4.69, 9.17) is 23.2 Å². The van der Waals surface area contributed by atoms with Gasteiger partial charge in [0.1, 0.15) is 0 Å². The zero-order valence-electron chi connectivity index (χ0n) is 13.0. The van der Waals surface area contributed by atoms with Crippen molar-refractivity contribution in [2.75, 3.05) is 18.0 Å². The van der Waals surface area contributed by atoms with E-state index in [1.165, 1.54) is 11.8 Å². The van der Waals surface area contributed by atoms with Crippen LogP contribution in [-0.2, 0) is 9.59 Å². The second kappa shape index (κ2) is 9.70. The summed E-state index contributed by atoms with van der Waals surface area (Å²) in [5.41, 5.74) is 0.528. The SMILES string of the molecule is CCCCCNC(=O)CCN(C(C)=O)c1cccc(Cl)c1Cl. The van der Waals surface area contributed by atoms with E-state index in [2.05, 4.69) is 12.2 Å². The van der Waals surface area contributed by atoms with Crippen LogP contribution in [0.5, 0.6) is 0 Å². The Labute approximate surface area is 141 Å². The highest BCUT2D eigenvalue weighted by molar-refractivity contribution is 6.44. The van der Waals surface area contributed by atoms with Gasteiger partial charge in [0.2, 0.25) is 11.8 Å². The zero-order valence-corrected chi connectivity index (χ0v) is 14.5. The number of carbonyl (C=O) groups excluding carboxylic acids is 2. The lowest BCUT2D eigenvalue weighted by molar-refractivity contribution is -0.121. The number of unbranched alkanes of at least 4 members (excludes halogenated alkanes) is 2. The van der Waals surface area contributed by atoms with Gasteiger partial charge in [0.05, 0.1) is 15.7 Å². The number of halogens is 2. The molecule has 122 valence electrons. The summed E-state index contributed by atoms with van der Waals surface area (Å²) in [6, 6.07) is 5.10. The molecule has 22 heavy (non-hydrogen) atoms. The Bertz CT molecular complexity index is 521. The molecule has 0 unspecified atom stereocenters. The number of anilines is 1. The summed E-state index contributed by atoms with van der Waals surface area (Å²) in [4.78, 5) is 25.1. The van der Waals surface area contributed by atoms with Crippen molar-refractivity contribution in [1.82, 2.24) is 5.32 Å². The molecule has 0 aromatic heterocycles. The average Bonchev–Trinajstić information content (AvgIpc) is 2.47. The molecule has 0 spiro atoms. The second-order valence-electron chi connectivity index (χ2n) is 5.05. The van der Waals surface area contributed by atoms with Gasteiger partial charge >= 0.3 is 0 Å². The minimum absolute atomic E-state index is 0.0690. The Morgan fingerprint density at radius 3 is 2.59 bits per heavy atom. The molecule has 1 aromatic rings. The van der Waals surface area contributed by atoms with Crippen LogP contribution in [0.3, 0.4) is 0 Å². The molecule has 0 fully saturated rings. The standard InChI is InChI=1S/C16H22Cl2N2O2/c1-3-4-5-10-19-15(22)9-11-20(12(2)21)14-8-6-7-13(17)16(14)18/h6-8H,3-5,9-11H2,1-2H3,(H,19,22). The van der Waals surface area contributed by atoms with Crippen molar-refractivity contribution in [3.63, 3.8) is 0 Å². The van der Waals surface area contributed by atoms with E-state index in [0.717, 1.165) is 19.3 Å². The molecule has 1 rings (SSSR count). The smallest absolute Gasteiger partial charge is 0.223 e. The lowest BCUT2D eigenvalue weighted by Crippen LogP contribution is -2.34. The van der Waals surface area contributed by atoms with Crippen molar-refractivity contribution in [2.45, 2.75) is 39.5 Å². The molecule has 0 saturated carbocycles. The van der Waals surface area contributed by atoms with E-state index < -0.39 is 0 Å². The second-order valence-corrected chi connectivity index (χ2v) is 5.84. The van der Waals surface area contributed by atoms with E-state index in [0.29, 0.717) is 22.3 Å². The Kier molecular flexibility index (Phi) is 8.28. The van der Waals surface area contributed by atoms with E-state index in [9.17, 15) is 9.59 Å². The van der Waals surface area contributed by atoms with Crippen LogP contribution in [0.25, 0.3) is 0 Å². The molecule has 6 heteroatoms. The van der Waals surface area contributed by atoms with Gasteiger partial charge in [-0.05, 0) is 18.6 Å². The van der Waals surface area contributed by atoms with E-state index in [-0.39, 0.29) is 24.8 Å². The van der Waals surface area contributed by atoms with Crippen LogP contribution < -0.4 is 10.2 Å². The Hall–Kier alpha value is -1.26. The van der Waals surface area contributed by atoms with Gasteiger partial charge in [-0.1, -0.05) is 49.0 Å². The average molecular weight is 345 g/mol. The van der Waals surface area contributed by atoms with Crippen LogP contribution in [0.4, 0.5) is 5.69 Å². The van der Waals surface area contributed by atoms with Gasteiger partial charge < -0.3 is 10.2 Å². The topological polar surface area (TPSA) is 49.4 Å². The minimum Gasteiger partial charge on any atom is -0.356 e. The van der Waals surface area contributed by atoms with Crippen molar-refractivity contribution < 1.29 is 9.59 Å². The lowest BCUT2D eigenvalue weighted by Gasteiger charge is -2.22. The third kappa shape index (κ3) is 5.85. The summed E-state index contributed by atoms with van der Waals surface area (Å²) in [6.45, 7) is 4.50. The van der Waals surface area contributed by atoms with Crippen molar-refractivity contribution >= 4 is 40.7 Å². The molecule has 0 aliphatic heterocycles. The highest BCUT2D eigenvalue weighted by atomic mass is 35.5. The molecule has 0 atom stereocenters. The van der Waals surface area contributed by atoms with Gasteiger partial charge in [-0.2, -0.15) is 0 Å².